The average molecular weight is 253 g/mol. The van der Waals surface area contributed by atoms with Crippen molar-refractivity contribution in [1.82, 2.24) is 0 Å². The fourth-order valence-corrected chi connectivity index (χ4v) is 1.82. The van der Waals surface area contributed by atoms with E-state index >= 15 is 0 Å². The number of anilines is 1. The molecule has 18 heavy (non-hydrogen) atoms. The SMILES string of the molecule is O=C(O)CC1OCCN(c2ccc(F)cc2)C1=O. The van der Waals surface area contributed by atoms with Crippen LogP contribution in [0.25, 0.3) is 0 Å². The van der Waals surface area contributed by atoms with Crippen LogP contribution in [0, 0.1) is 5.82 Å². The Labute approximate surface area is 103 Å². The first-order chi connectivity index (χ1) is 8.58. The van der Waals surface area contributed by atoms with Gasteiger partial charge < -0.3 is 14.7 Å². The number of hydrogen-bond acceptors (Lipinski definition) is 3. The number of morpholine rings is 1. The summed E-state index contributed by atoms with van der Waals surface area (Å²) in [5.41, 5.74) is 0.542. The van der Waals surface area contributed by atoms with Crippen molar-refractivity contribution < 1.29 is 23.8 Å². The number of carbonyl (C=O) groups excluding carboxylic acids is 1. The van der Waals surface area contributed by atoms with Gasteiger partial charge in [-0.2, -0.15) is 0 Å². The Morgan fingerprint density at radius 3 is 2.72 bits per heavy atom. The van der Waals surface area contributed by atoms with Crippen LogP contribution in [0.4, 0.5) is 10.1 Å². The van der Waals surface area contributed by atoms with Gasteiger partial charge in [0.2, 0.25) is 0 Å². The third kappa shape index (κ3) is 2.65. The van der Waals surface area contributed by atoms with Gasteiger partial charge in [-0.25, -0.2) is 4.39 Å². The molecular formula is C12H12FNO4. The number of benzene rings is 1. The molecule has 2 rings (SSSR count). The Hall–Kier alpha value is -1.95. The molecule has 1 atom stereocenters. The summed E-state index contributed by atoms with van der Waals surface area (Å²) in [5, 5.41) is 8.68. The Balaban J connectivity index is 2.15. The number of nitrogens with zero attached hydrogens (tertiary/aromatic N) is 1. The lowest BCUT2D eigenvalue weighted by atomic mass is 10.1. The molecule has 0 aliphatic carbocycles. The number of carboxylic acid groups (broad SMARTS) is 1. The van der Waals surface area contributed by atoms with Crippen LogP contribution in [0.3, 0.4) is 0 Å². The van der Waals surface area contributed by atoms with Gasteiger partial charge >= 0.3 is 5.97 Å². The summed E-state index contributed by atoms with van der Waals surface area (Å²) in [4.78, 5) is 24.0. The molecule has 1 heterocycles. The minimum Gasteiger partial charge on any atom is -0.481 e. The van der Waals surface area contributed by atoms with Gasteiger partial charge in [0.05, 0.1) is 13.0 Å². The first-order valence-corrected chi connectivity index (χ1v) is 5.48. The number of amides is 1. The quantitative estimate of drug-likeness (QED) is 0.873. The minimum atomic E-state index is -1.09. The molecule has 1 aliphatic rings. The molecular weight excluding hydrogens is 241 g/mol. The van der Waals surface area contributed by atoms with Crippen molar-refractivity contribution >= 4 is 17.6 Å². The van der Waals surface area contributed by atoms with E-state index in [1.54, 1.807) is 0 Å². The number of halogens is 1. The Morgan fingerprint density at radius 2 is 2.11 bits per heavy atom. The van der Waals surface area contributed by atoms with Crippen LogP contribution >= 0.6 is 0 Å². The number of rotatable bonds is 3. The molecule has 6 heteroatoms. The molecule has 1 saturated heterocycles. The maximum absolute atomic E-state index is 12.8. The van der Waals surface area contributed by atoms with Crippen LogP contribution in [0.2, 0.25) is 0 Å². The van der Waals surface area contributed by atoms with E-state index in [0.29, 0.717) is 12.2 Å². The number of hydrogen-bond donors (Lipinski definition) is 1. The summed E-state index contributed by atoms with van der Waals surface area (Å²) in [6.45, 7) is 0.599. The highest BCUT2D eigenvalue weighted by molar-refractivity contribution is 5.98. The second-order valence-corrected chi connectivity index (χ2v) is 3.92. The van der Waals surface area contributed by atoms with Gasteiger partial charge in [-0.3, -0.25) is 9.59 Å². The summed E-state index contributed by atoms with van der Waals surface area (Å²) in [6, 6.07) is 5.47. The molecule has 1 fully saturated rings. The number of carbonyl (C=O) groups is 2. The van der Waals surface area contributed by atoms with Crippen LogP contribution in [0.5, 0.6) is 0 Å². The van der Waals surface area contributed by atoms with E-state index in [9.17, 15) is 14.0 Å². The molecule has 0 spiro atoms. The lowest BCUT2D eigenvalue weighted by molar-refractivity contribution is -0.147. The first-order valence-electron chi connectivity index (χ1n) is 5.48. The maximum Gasteiger partial charge on any atom is 0.306 e. The summed E-state index contributed by atoms with van der Waals surface area (Å²) < 4.78 is 17.9. The number of carboxylic acids is 1. The zero-order chi connectivity index (χ0) is 13.1. The smallest absolute Gasteiger partial charge is 0.306 e. The highest BCUT2D eigenvalue weighted by Gasteiger charge is 2.32. The molecule has 0 bridgehead atoms. The van der Waals surface area contributed by atoms with Crippen molar-refractivity contribution in [3.8, 4) is 0 Å². The van der Waals surface area contributed by atoms with Crippen molar-refractivity contribution in [3.63, 3.8) is 0 Å². The van der Waals surface area contributed by atoms with Crippen molar-refractivity contribution in [1.29, 1.82) is 0 Å². The lowest BCUT2D eigenvalue weighted by Crippen LogP contribution is -2.48. The molecule has 1 unspecified atom stereocenters. The van der Waals surface area contributed by atoms with E-state index in [0.717, 1.165) is 0 Å². The van der Waals surface area contributed by atoms with Gasteiger partial charge in [-0.15, -0.1) is 0 Å². The summed E-state index contributed by atoms with van der Waals surface area (Å²) in [5.74, 6) is -1.88. The average Bonchev–Trinajstić information content (AvgIpc) is 2.33. The molecule has 0 aromatic heterocycles. The van der Waals surface area contributed by atoms with Gasteiger partial charge in [-0.1, -0.05) is 0 Å². The standard InChI is InChI=1S/C12H12FNO4/c13-8-1-3-9(4-2-8)14-5-6-18-10(12(14)17)7-11(15)16/h1-4,10H,5-7H2,(H,15,16). The van der Waals surface area contributed by atoms with Gasteiger partial charge in [-0.05, 0) is 24.3 Å². The molecule has 0 radical (unpaired) electrons. The van der Waals surface area contributed by atoms with Crippen molar-refractivity contribution in [2.45, 2.75) is 12.5 Å². The van der Waals surface area contributed by atoms with E-state index in [4.69, 9.17) is 9.84 Å². The monoisotopic (exact) mass is 253 g/mol. The molecule has 1 aromatic carbocycles. The van der Waals surface area contributed by atoms with Crippen molar-refractivity contribution in [2.75, 3.05) is 18.1 Å². The second-order valence-electron chi connectivity index (χ2n) is 3.92. The fraction of sp³-hybridized carbons (Fsp3) is 0.333. The van der Waals surface area contributed by atoms with Crippen LogP contribution < -0.4 is 4.90 Å². The molecule has 1 N–H and O–H groups in total. The normalized spacial score (nSPS) is 19.9. The van der Waals surface area contributed by atoms with Gasteiger partial charge in [0.15, 0.2) is 0 Å². The van der Waals surface area contributed by atoms with Crippen LogP contribution in [0.1, 0.15) is 6.42 Å². The molecule has 1 amide bonds. The van der Waals surface area contributed by atoms with Gasteiger partial charge in [0.1, 0.15) is 11.9 Å². The van der Waals surface area contributed by atoms with E-state index in [1.807, 2.05) is 0 Å². The lowest BCUT2D eigenvalue weighted by Gasteiger charge is -2.31. The molecule has 5 nitrogen and oxygen atoms in total. The third-order valence-corrected chi connectivity index (χ3v) is 2.67. The summed E-state index contributed by atoms with van der Waals surface area (Å²) in [7, 11) is 0. The minimum absolute atomic E-state index is 0.265. The molecule has 1 aliphatic heterocycles. The zero-order valence-electron chi connectivity index (χ0n) is 9.51. The van der Waals surface area contributed by atoms with Gasteiger partial charge in [0, 0.05) is 12.2 Å². The Bertz CT molecular complexity index is 460. The topological polar surface area (TPSA) is 66.8 Å². The zero-order valence-corrected chi connectivity index (χ0v) is 9.51. The summed E-state index contributed by atoms with van der Waals surface area (Å²) >= 11 is 0. The van der Waals surface area contributed by atoms with Crippen molar-refractivity contribution in [2.24, 2.45) is 0 Å². The fourth-order valence-electron chi connectivity index (χ4n) is 1.82. The highest BCUT2D eigenvalue weighted by Crippen LogP contribution is 2.20. The highest BCUT2D eigenvalue weighted by atomic mass is 19.1. The van der Waals surface area contributed by atoms with Crippen LogP contribution in [0.15, 0.2) is 24.3 Å². The van der Waals surface area contributed by atoms with Gasteiger partial charge in [0.25, 0.3) is 5.91 Å². The van der Waals surface area contributed by atoms with E-state index in [1.165, 1.54) is 29.2 Å². The Kier molecular flexibility index (Phi) is 3.57. The van der Waals surface area contributed by atoms with Crippen molar-refractivity contribution in [3.05, 3.63) is 30.1 Å². The summed E-state index contributed by atoms with van der Waals surface area (Å²) in [6.07, 6.45) is -1.34. The predicted molar refractivity (Wildman–Crippen MR) is 60.7 cm³/mol. The second kappa shape index (κ2) is 5.14. The van der Waals surface area contributed by atoms with E-state index in [2.05, 4.69) is 0 Å². The molecule has 96 valence electrons. The molecule has 1 aromatic rings. The predicted octanol–water partition coefficient (Wildman–Crippen LogP) is 1.03. The molecule has 0 saturated carbocycles. The van der Waals surface area contributed by atoms with Crippen LogP contribution in [-0.4, -0.2) is 36.2 Å². The maximum atomic E-state index is 12.8. The number of aliphatic carboxylic acids is 1. The van der Waals surface area contributed by atoms with E-state index < -0.39 is 18.0 Å². The van der Waals surface area contributed by atoms with Crippen LogP contribution in [-0.2, 0) is 14.3 Å². The van der Waals surface area contributed by atoms with E-state index in [-0.39, 0.29) is 18.8 Å². The number of ether oxygens (including phenoxy) is 1. The largest absolute Gasteiger partial charge is 0.481 e. The third-order valence-electron chi connectivity index (χ3n) is 2.67. The first kappa shape index (κ1) is 12.5. The Morgan fingerprint density at radius 1 is 1.44 bits per heavy atom.